The maximum Gasteiger partial charge on any atom is 0.310 e. The van der Waals surface area contributed by atoms with Crippen molar-refractivity contribution in [2.24, 2.45) is 0 Å². The maximum atomic E-state index is 11.0. The third kappa shape index (κ3) is 2.71. The Morgan fingerprint density at radius 1 is 1.50 bits per heavy atom. The number of aliphatic carboxylic acids is 1. The molecule has 1 saturated heterocycles. The minimum absolute atomic E-state index is 0.124. The van der Waals surface area contributed by atoms with Crippen LogP contribution in [0.25, 0.3) is 0 Å². The molecule has 98 valence electrons. The van der Waals surface area contributed by atoms with E-state index in [9.17, 15) is 4.79 Å². The molecule has 2 unspecified atom stereocenters. The van der Waals surface area contributed by atoms with Crippen LogP contribution in [0.4, 0.5) is 0 Å². The Kier molecular flexibility index (Phi) is 3.41. The van der Waals surface area contributed by atoms with Gasteiger partial charge in [-0.15, -0.1) is 0 Å². The van der Waals surface area contributed by atoms with Crippen LogP contribution in [0.2, 0.25) is 0 Å². The molecule has 1 aromatic carbocycles. The van der Waals surface area contributed by atoms with E-state index in [0.29, 0.717) is 6.61 Å². The van der Waals surface area contributed by atoms with Gasteiger partial charge in [0, 0.05) is 0 Å². The number of hydrogen-bond acceptors (Lipinski definition) is 3. The topological polar surface area (TPSA) is 55.8 Å². The molecule has 1 aliphatic rings. The fourth-order valence-electron chi connectivity index (χ4n) is 2.02. The molecule has 0 amide bonds. The van der Waals surface area contributed by atoms with Crippen LogP contribution in [0.5, 0.6) is 0 Å². The number of carbonyl (C=O) groups is 1. The van der Waals surface area contributed by atoms with Gasteiger partial charge in [0.1, 0.15) is 6.10 Å². The van der Waals surface area contributed by atoms with Gasteiger partial charge in [0.05, 0.1) is 12.5 Å². The molecule has 0 aliphatic carbocycles. The minimum atomic E-state index is -0.823. The van der Waals surface area contributed by atoms with Crippen molar-refractivity contribution in [3.63, 3.8) is 0 Å². The molecule has 1 aromatic rings. The van der Waals surface area contributed by atoms with Crippen LogP contribution in [0.3, 0.4) is 0 Å². The molecule has 1 heterocycles. The predicted molar refractivity (Wildman–Crippen MR) is 66.3 cm³/mol. The zero-order valence-corrected chi connectivity index (χ0v) is 10.8. The van der Waals surface area contributed by atoms with Crippen molar-refractivity contribution in [1.29, 1.82) is 0 Å². The Morgan fingerprint density at radius 2 is 2.22 bits per heavy atom. The Labute approximate surface area is 107 Å². The van der Waals surface area contributed by atoms with Gasteiger partial charge >= 0.3 is 5.97 Å². The standard InChI is InChI=1S/C14H18O4/c1-9(13(15)16)10-5-4-6-11(7-10)12-8-17-14(2,3)18-12/h4-7,9,12H,8H2,1-3H3,(H,15,16). The number of carboxylic acids is 1. The molecule has 1 aliphatic heterocycles. The molecule has 0 radical (unpaired) electrons. The van der Waals surface area contributed by atoms with Crippen LogP contribution < -0.4 is 0 Å². The van der Waals surface area contributed by atoms with Crippen molar-refractivity contribution < 1.29 is 19.4 Å². The second-order valence-electron chi connectivity index (χ2n) is 5.05. The summed E-state index contributed by atoms with van der Waals surface area (Å²) in [5.74, 6) is -1.91. The fraction of sp³-hybridized carbons (Fsp3) is 0.500. The molecule has 0 aromatic heterocycles. The Balaban J connectivity index is 2.20. The van der Waals surface area contributed by atoms with Gasteiger partial charge < -0.3 is 14.6 Å². The minimum Gasteiger partial charge on any atom is -0.481 e. The Morgan fingerprint density at radius 3 is 2.78 bits per heavy atom. The van der Waals surface area contributed by atoms with Gasteiger partial charge in [0.2, 0.25) is 0 Å². The number of ether oxygens (including phenoxy) is 2. The summed E-state index contributed by atoms with van der Waals surface area (Å²) >= 11 is 0. The van der Waals surface area contributed by atoms with Crippen LogP contribution in [-0.4, -0.2) is 23.5 Å². The largest absolute Gasteiger partial charge is 0.481 e. The number of hydrogen-bond donors (Lipinski definition) is 1. The van der Waals surface area contributed by atoms with Crippen LogP contribution in [-0.2, 0) is 14.3 Å². The first kappa shape index (κ1) is 13.1. The van der Waals surface area contributed by atoms with E-state index in [0.717, 1.165) is 11.1 Å². The van der Waals surface area contributed by atoms with E-state index >= 15 is 0 Å². The Hall–Kier alpha value is -1.39. The average molecular weight is 250 g/mol. The SMILES string of the molecule is CC(C(=O)O)c1cccc(C2COC(C)(C)O2)c1. The summed E-state index contributed by atoms with van der Waals surface area (Å²) in [6, 6.07) is 7.50. The first-order valence-electron chi connectivity index (χ1n) is 6.03. The summed E-state index contributed by atoms with van der Waals surface area (Å²) in [4.78, 5) is 11.0. The molecule has 0 saturated carbocycles. The summed E-state index contributed by atoms with van der Waals surface area (Å²) in [7, 11) is 0. The van der Waals surface area contributed by atoms with Crippen molar-refractivity contribution in [1.82, 2.24) is 0 Å². The number of benzene rings is 1. The van der Waals surface area contributed by atoms with Gasteiger partial charge in [-0.05, 0) is 31.9 Å². The summed E-state index contributed by atoms with van der Waals surface area (Å²) in [6.07, 6.45) is -0.124. The molecule has 0 spiro atoms. The highest BCUT2D eigenvalue weighted by molar-refractivity contribution is 5.75. The highest BCUT2D eigenvalue weighted by Gasteiger charge is 2.33. The zero-order chi connectivity index (χ0) is 13.3. The summed E-state index contributed by atoms with van der Waals surface area (Å²) in [5, 5.41) is 9.02. The summed E-state index contributed by atoms with van der Waals surface area (Å²) in [6.45, 7) is 5.92. The van der Waals surface area contributed by atoms with Crippen molar-refractivity contribution in [3.05, 3.63) is 35.4 Å². The second kappa shape index (κ2) is 4.71. The molecular formula is C14H18O4. The molecule has 4 nitrogen and oxygen atoms in total. The van der Waals surface area contributed by atoms with E-state index < -0.39 is 17.7 Å². The van der Waals surface area contributed by atoms with Gasteiger partial charge in [-0.3, -0.25) is 4.79 Å². The van der Waals surface area contributed by atoms with Gasteiger partial charge in [-0.2, -0.15) is 0 Å². The van der Waals surface area contributed by atoms with E-state index in [1.54, 1.807) is 6.92 Å². The van der Waals surface area contributed by atoms with E-state index in [-0.39, 0.29) is 6.10 Å². The van der Waals surface area contributed by atoms with E-state index in [4.69, 9.17) is 14.6 Å². The molecule has 18 heavy (non-hydrogen) atoms. The molecule has 1 N–H and O–H groups in total. The maximum absolute atomic E-state index is 11.0. The zero-order valence-electron chi connectivity index (χ0n) is 10.8. The lowest BCUT2D eigenvalue weighted by atomic mass is 9.97. The van der Waals surface area contributed by atoms with E-state index in [1.165, 1.54) is 0 Å². The quantitative estimate of drug-likeness (QED) is 0.896. The van der Waals surface area contributed by atoms with Crippen molar-refractivity contribution in [2.45, 2.75) is 38.6 Å². The molecule has 4 heteroatoms. The Bertz CT molecular complexity index is 453. The van der Waals surface area contributed by atoms with E-state index in [2.05, 4.69) is 0 Å². The van der Waals surface area contributed by atoms with Crippen LogP contribution in [0.1, 0.15) is 43.9 Å². The van der Waals surface area contributed by atoms with Crippen LogP contribution in [0, 0.1) is 0 Å². The lowest BCUT2D eigenvalue weighted by Crippen LogP contribution is -2.19. The van der Waals surface area contributed by atoms with Gasteiger partial charge in [-0.25, -0.2) is 0 Å². The third-order valence-electron chi connectivity index (χ3n) is 3.16. The first-order chi connectivity index (χ1) is 8.39. The average Bonchev–Trinajstić information content (AvgIpc) is 2.69. The van der Waals surface area contributed by atoms with Crippen LogP contribution >= 0.6 is 0 Å². The number of carboxylic acid groups (broad SMARTS) is 1. The molecular weight excluding hydrogens is 232 g/mol. The highest BCUT2D eigenvalue weighted by Crippen LogP contribution is 2.33. The monoisotopic (exact) mass is 250 g/mol. The lowest BCUT2D eigenvalue weighted by molar-refractivity contribution is -0.139. The third-order valence-corrected chi connectivity index (χ3v) is 3.16. The summed E-state index contributed by atoms with van der Waals surface area (Å²) < 4.78 is 11.3. The second-order valence-corrected chi connectivity index (χ2v) is 5.05. The molecule has 2 atom stereocenters. The van der Waals surface area contributed by atoms with Gasteiger partial charge in [0.15, 0.2) is 5.79 Å². The van der Waals surface area contributed by atoms with Crippen molar-refractivity contribution in [3.8, 4) is 0 Å². The normalized spacial score (nSPS) is 23.8. The van der Waals surface area contributed by atoms with Gasteiger partial charge in [0.25, 0.3) is 0 Å². The smallest absolute Gasteiger partial charge is 0.310 e. The van der Waals surface area contributed by atoms with E-state index in [1.807, 2.05) is 38.1 Å². The van der Waals surface area contributed by atoms with Gasteiger partial charge in [-0.1, -0.05) is 24.3 Å². The fourth-order valence-corrected chi connectivity index (χ4v) is 2.02. The molecule has 0 bridgehead atoms. The molecule has 2 rings (SSSR count). The molecule has 1 fully saturated rings. The number of rotatable bonds is 3. The van der Waals surface area contributed by atoms with Crippen molar-refractivity contribution in [2.75, 3.05) is 6.61 Å². The predicted octanol–water partition coefficient (Wildman–Crippen LogP) is 2.70. The van der Waals surface area contributed by atoms with Crippen molar-refractivity contribution >= 4 is 5.97 Å². The first-order valence-corrected chi connectivity index (χ1v) is 6.03. The van der Waals surface area contributed by atoms with Crippen LogP contribution in [0.15, 0.2) is 24.3 Å². The lowest BCUT2D eigenvalue weighted by Gasteiger charge is -2.17. The highest BCUT2D eigenvalue weighted by atomic mass is 16.7. The summed E-state index contributed by atoms with van der Waals surface area (Å²) in [5.41, 5.74) is 1.75.